The topological polar surface area (TPSA) is 124 Å². The van der Waals surface area contributed by atoms with Crippen molar-refractivity contribution >= 4 is 22.9 Å². The van der Waals surface area contributed by atoms with Crippen molar-refractivity contribution in [3.63, 3.8) is 0 Å². The number of rotatable bonds is 6. The third kappa shape index (κ3) is 4.85. The van der Waals surface area contributed by atoms with Gasteiger partial charge in [0.05, 0.1) is 22.8 Å². The first kappa shape index (κ1) is 23.0. The summed E-state index contributed by atoms with van der Waals surface area (Å²) in [6.45, 7) is 0.194. The number of nitrogens with two attached hydrogens (primary N) is 1. The molecule has 4 N–H and O–H groups in total. The Morgan fingerprint density at radius 1 is 1.11 bits per heavy atom. The number of pyridine rings is 1. The molecule has 0 aliphatic rings. The summed E-state index contributed by atoms with van der Waals surface area (Å²) in [5, 5.41) is 6.77. The number of nitrogen functional groups attached to an aromatic ring is 1. The molecule has 11 heteroatoms. The van der Waals surface area contributed by atoms with Crippen molar-refractivity contribution < 1.29 is 18.3 Å². The number of carbonyl (C=O) groups is 1. The van der Waals surface area contributed by atoms with E-state index in [9.17, 15) is 13.6 Å². The molecule has 0 bridgehead atoms. The highest BCUT2D eigenvalue weighted by molar-refractivity contribution is 5.84. The molecule has 5 rings (SSSR count). The summed E-state index contributed by atoms with van der Waals surface area (Å²) >= 11 is 0. The number of nitrogens with zero attached hydrogens (tertiary/aromatic N) is 4. The number of amides is 1. The molecule has 0 aliphatic heterocycles. The molecule has 1 amide bonds. The second-order valence-electron chi connectivity index (χ2n) is 8.14. The predicted octanol–water partition coefficient (Wildman–Crippen LogP) is 4.22. The summed E-state index contributed by atoms with van der Waals surface area (Å²) in [7, 11) is 1.83. The summed E-state index contributed by atoms with van der Waals surface area (Å²) in [5.74, 6) is -0.696. The molecule has 3 aromatic heterocycles. The monoisotopic (exact) mass is 489 g/mol. The van der Waals surface area contributed by atoms with Crippen LogP contribution in [0.25, 0.3) is 33.5 Å². The van der Waals surface area contributed by atoms with Gasteiger partial charge in [0.25, 0.3) is 0 Å². The zero-order chi connectivity index (χ0) is 25.2. The van der Waals surface area contributed by atoms with E-state index in [0.29, 0.717) is 46.0 Å². The number of anilines is 1. The van der Waals surface area contributed by atoms with Crippen molar-refractivity contribution in [2.45, 2.75) is 6.42 Å². The molecule has 2 aromatic carbocycles. The number of fused-ring (bicyclic) bond motifs is 1. The highest BCUT2D eigenvalue weighted by Crippen LogP contribution is 2.30. The summed E-state index contributed by atoms with van der Waals surface area (Å²) < 4.78 is 33.4. The van der Waals surface area contributed by atoms with Crippen LogP contribution in [0.15, 0.2) is 61.1 Å². The number of ether oxygens (including phenoxy) is 1. The maximum atomic E-state index is 13.3. The second kappa shape index (κ2) is 9.45. The van der Waals surface area contributed by atoms with Gasteiger partial charge in [-0.3, -0.25) is 4.68 Å². The van der Waals surface area contributed by atoms with Gasteiger partial charge in [0.15, 0.2) is 11.6 Å². The maximum absolute atomic E-state index is 13.3. The van der Waals surface area contributed by atoms with E-state index in [1.165, 1.54) is 6.07 Å². The number of nitrogens with one attached hydrogen (secondary N) is 2. The van der Waals surface area contributed by atoms with Crippen LogP contribution in [-0.2, 0) is 13.5 Å². The van der Waals surface area contributed by atoms with Crippen molar-refractivity contribution in [1.29, 1.82) is 0 Å². The summed E-state index contributed by atoms with van der Waals surface area (Å²) in [6.07, 6.45) is 4.94. The average molecular weight is 489 g/mol. The lowest BCUT2D eigenvalue weighted by atomic mass is 10.1. The molecule has 5 aromatic rings. The normalized spacial score (nSPS) is 11.1. The fourth-order valence-corrected chi connectivity index (χ4v) is 3.72. The molecule has 0 aliphatic carbocycles. The standard InChI is InChI=1S/C25H21F2N7O2/c1-34-13-16(12-31-34)15-9-18(23(28)30-11-15)24-32-21-5-3-17(10-22(21)33-24)36-25(35)29-7-6-14-2-4-19(26)20(27)8-14/h2-5,8-13H,6-7H2,1H3,(H2,28,30)(H,29,35)(H,32,33). The number of aryl methyl sites for hydroxylation is 1. The van der Waals surface area contributed by atoms with Crippen LogP contribution in [0.5, 0.6) is 5.75 Å². The number of carbonyl (C=O) groups excluding carboxylic acids is 1. The van der Waals surface area contributed by atoms with E-state index >= 15 is 0 Å². The van der Waals surface area contributed by atoms with Crippen LogP contribution in [0.4, 0.5) is 19.4 Å². The van der Waals surface area contributed by atoms with Gasteiger partial charge in [-0.15, -0.1) is 0 Å². The van der Waals surface area contributed by atoms with Gasteiger partial charge in [0.1, 0.15) is 17.4 Å². The van der Waals surface area contributed by atoms with Crippen molar-refractivity contribution in [3.05, 3.63) is 78.3 Å². The first-order chi connectivity index (χ1) is 17.4. The van der Waals surface area contributed by atoms with Crippen LogP contribution in [0, 0.1) is 11.6 Å². The Labute approximate surface area is 203 Å². The van der Waals surface area contributed by atoms with Crippen molar-refractivity contribution in [1.82, 2.24) is 30.0 Å². The number of aromatic amines is 1. The largest absolute Gasteiger partial charge is 0.412 e. The van der Waals surface area contributed by atoms with E-state index in [2.05, 4.69) is 25.4 Å². The van der Waals surface area contributed by atoms with E-state index in [0.717, 1.165) is 23.3 Å². The van der Waals surface area contributed by atoms with Crippen LogP contribution < -0.4 is 15.8 Å². The van der Waals surface area contributed by atoms with Crippen LogP contribution in [-0.4, -0.2) is 37.4 Å². The van der Waals surface area contributed by atoms with Gasteiger partial charge in [0, 0.05) is 43.2 Å². The zero-order valence-electron chi connectivity index (χ0n) is 19.1. The van der Waals surface area contributed by atoms with Gasteiger partial charge in [-0.1, -0.05) is 6.07 Å². The van der Waals surface area contributed by atoms with Gasteiger partial charge in [-0.05, 0) is 42.3 Å². The van der Waals surface area contributed by atoms with Gasteiger partial charge < -0.3 is 20.8 Å². The number of halogens is 2. The summed E-state index contributed by atoms with van der Waals surface area (Å²) in [5.41, 5.74) is 10.3. The summed E-state index contributed by atoms with van der Waals surface area (Å²) in [6, 6.07) is 10.5. The lowest BCUT2D eigenvalue weighted by Gasteiger charge is -2.07. The van der Waals surface area contributed by atoms with Crippen molar-refractivity contribution in [3.8, 4) is 28.3 Å². The van der Waals surface area contributed by atoms with Crippen LogP contribution >= 0.6 is 0 Å². The fourth-order valence-electron chi connectivity index (χ4n) is 3.72. The minimum absolute atomic E-state index is 0.194. The Morgan fingerprint density at radius 3 is 2.75 bits per heavy atom. The second-order valence-corrected chi connectivity index (χ2v) is 8.14. The minimum Gasteiger partial charge on any atom is -0.410 e. The maximum Gasteiger partial charge on any atom is 0.412 e. The molecule has 0 atom stereocenters. The quantitative estimate of drug-likeness (QED) is 0.328. The van der Waals surface area contributed by atoms with Gasteiger partial charge in [0.2, 0.25) is 0 Å². The molecular weight excluding hydrogens is 468 g/mol. The Hall–Kier alpha value is -4.80. The molecule has 3 heterocycles. The van der Waals surface area contributed by atoms with E-state index in [-0.39, 0.29) is 6.54 Å². The highest BCUT2D eigenvalue weighted by atomic mass is 19.2. The third-order valence-corrected chi connectivity index (χ3v) is 5.54. The Balaban J connectivity index is 1.28. The van der Waals surface area contributed by atoms with Gasteiger partial charge in [-0.25, -0.2) is 23.5 Å². The number of hydrogen-bond donors (Lipinski definition) is 3. The smallest absolute Gasteiger partial charge is 0.410 e. The first-order valence-electron chi connectivity index (χ1n) is 11.0. The molecule has 0 radical (unpaired) electrons. The molecule has 0 spiro atoms. The molecule has 0 saturated heterocycles. The van der Waals surface area contributed by atoms with E-state index in [1.807, 2.05) is 19.3 Å². The first-order valence-corrected chi connectivity index (χ1v) is 11.0. The molecular formula is C25H21F2N7O2. The van der Waals surface area contributed by atoms with Crippen LogP contribution in [0.1, 0.15) is 5.56 Å². The SMILES string of the molecule is Cn1cc(-c2cnc(N)c(-c3nc4ccc(OC(=O)NCCc5ccc(F)c(F)c5)cc4[nH]3)c2)cn1. The Bertz CT molecular complexity index is 1580. The number of imidazole rings is 1. The van der Waals surface area contributed by atoms with Crippen LogP contribution in [0.2, 0.25) is 0 Å². The number of hydrogen-bond acceptors (Lipinski definition) is 6. The Kier molecular flexibility index (Phi) is 6.03. The highest BCUT2D eigenvalue weighted by Gasteiger charge is 2.14. The van der Waals surface area contributed by atoms with E-state index in [4.69, 9.17) is 10.5 Å². The molecule has 36 heavy (non-hydrogen) atoms. The lowest BCUT2D eigenvalue weighted by Crippen LogP contribution is -2.28. The lowest BCUT2D eigenvalue weighted by molar-refractivity contribution is 0.200. The Morgan fingerprint density at radius 2 is 1.97 bits per heavy atom. The molecule has 182 valence electrons. The minimum atomic E-state index is -0.927. The summed E-state index contributed by atoms with van der Waals surface area (Å²) in [4.78, 5) is 24.3. The van der Waals surface area contributed by atoms with Gasteiger partial charge in [-0.2, -0.15) is 5.10 Å². The molecule has 0 unspecified atom stereocenters. The van der Waals surface area contributed by atoms with E-state index < -0.39 is 17.7 Å². The van der Waals surface area contributed by atoms with Crippen molar-refractivity contribution in [2.24, 2.45) is 7.05 Å². The van der Waals surface area contributed by atoms with E-state index in [1.54, 1.807) is 35.3 Å². The third-order valence-electron chi connectivity index (χ3n) is 5.54. The number of aromatic nitrogens is 5. The zero-order valence-corrected chi connectivity index (χ0v) is 19.1. The number of H-pyrrole nitrogens is 1. The van der Waals surface area contributed by atoms with Crippen LogP contribution in [0.3, 0.4) is 0 Å². The predicted molar refractivity (Wildman–Crippen MR) is 130 cm³/mol. The molecule has 0 saturated carbocycles. The molecule has 9 nitrogen and oxygen atoms in total. The van der Waals surface area contributed by atoms with Gasteiger partial charge >= 0.3 is 6.09 Å². The average Bonchev–Trinajstić information content (AvgIpc) is 3.47. The fraction of sp³-hybridized carbons (Fsp3) is 0.120. The van der Waals surface area contributed by atoms with Crippen molar-refractivity contribution in [2.75, 3.05) is 12.3 Å². The molecule has 0 fully saturated rings. The number of benzene rings is 2.